The van der Waals surface area contributed by atoms with Crippen LogP contribution in [0.5, 0.6) is 0 Å². The van der Waals surface area contributed by atoms with Crippen molar-refractivity contribution < 1.29 is 20.1 Å². The summed E-state index contributed by atoms with van der Waals surface area (Å²) in [4.78, 5) is 20.3. The molecular formula is C51H34IrN5-. The molecule has 3 aromatic heterocycles. The number of benzene rings is 7. The first-order valence-electron chi connectivity index (χ1n) is 19.0. The standard InChI is InChI=1S/C51H34N5.Ir/c1-51(2)43-23-12-11-22-39(43)40-30-42-41-29-36(35-19-13-20-37(28-35)47-38-21-10-9-14-32(38)26-27-52-47)24-25-45(41)56(46(42)31-44(40)51)50-54-48(33-15-5-3-6-16-33)53-49(55-50)34-17-7-4-8-18-34;/h3-19,21-31H,1-2H3;/q-1;. The minimum absolute atomic E-state index is 0. The molecule has 1 aliphatic rings. The van der Waals surface area contributed by atoms with Crippen LogP contribution in [-0.4, -0.2) is 24.5 Å². The first-order chi connectivity index (χ1) is 27.5. The summed E-state index contributed by atoms with van der Waals surface area (Å²) < 4.78 is 2.23. The van der Waals surface area contributed by atoms with Gasteiger partial charge in [0, 0.05) is 53.6 Å². The third kappa shape index (κ3) is 5.63. The molecule has 1 radical (unpaired) electrons. The quantitative estimate of drug-likeness (QED) is 0.161. The van der Waals surface area contributed by atoms with E-state index in [-0.39, 0.29) is 25.5 Å². The second-order valence-electron chi connectivity index (χ2n) is 15.0. The molecule has 10 aromatic rings. The van der Waals surface area contributed by atoms with Crippen LogP contribution in [0.3, 0.4) is 0 Å². The van der Waals surface area contributed by atoms with E-state index in [4.69, 9.17) is 19.9 Å². The maximum atomic E-state index is 5.22. The summed E-state index contributed by atoms with van der Waals surface area (Å²) in [5, 5.41) is 4.55. The van der Waals surface area contributed by atoms with E-state index in [1.54, 1.807) is 0 Å². The van der Waals surface area contributed by atoms with Crippen LogP contribution in [0.15, 0.2) is 170 Å². The van der Waals surface area contributed by atoms with Gasteiger partial charge in [-0.05, 0) is 74.6 Å². The molecule has 6 heteroatoms. The Kier molecular flexibility index (Phi) is 8.29. The summed E-state index contributed by atoms with van der Waals surface area (Å²) in [6.07, 6.45) is 1.88. The molecule has 5 nitrogen and oxygen atoms in total. The molecule has 0 aliphatic heterocycles. The van der Waals surface area contributed by atoms with Gasteiger partial charge < -0.3 is 4.98 Å². The summed E-state index contributed by atoms with van der Waals surface area (Å²) in [6, 6.07) is 60.9. The number of rotatable bonds is 5. The molecule has 273 valence electrons. The van der Waals surface area contributed by atoms with Crippen LogP contribution in [0.2, 0.25) is 0 Å². The van der Waals surface area contributed by atoms with E-state index in [1.165, 1.54) is 22.3 Å². The minimum Gasteiger partial charge on any atom is -0.304 e. The van der Waals surface area contributed by atoms with Crippen LogP contribution >= 0.6 is 0 Å². The molecule has 1 aliphatic carbocycles. The summed E-state index contributed by atoms with van der Waals surface area (Å²) in [7, 11) is 0. The van der Waals surface area contributed by atoms with Crippen molar-refractivity contribution in [2.24, 2.45) is 0 Å². The molecule has 3 heterocycles. The number of aromatic nitrogens is 5. The van der Waals surface area contributed by atoms with Crippen molar-refractivity contribution in [3.63, 3.8) is 0 Å². The fraction of sp³-hybridized carbons (Fsp3) is 0.0588. The molecule has 57 heavy (non-hydrogen) atoms. The molecule has 0 N–H and O–H groups in total. The molecule has 0 saturated carbocycles. The fourth-order valence-corrected chi connectivity index (χ4v) is 8.62. The van der Waals surface area contributed by atoms with Gasteiger partial charge in [0.15, 0.2) is 11.6 Å². The second kappa shape index (κ2) is 13.6. The normalized spacial score (nSPS) is 12.7. The van der Waals surface area contributed by atoms with Gasteiger partial charge in [-0.3, -0.25) is 4.57 Å². The molecule has 7 aromatic carbocycles. The number of hydrogen-bond donors (Lipinski definition) is 0. The van der Waals surface area contributed by atoms with Crippen LogP contribution in [-0.2, 0) is 25.5 Å². The number of fused-ring (bicyclic) bond motifs is 7. The molecule has 0 atom stereocenters. The molecule has 0 amide bonds. The van der Waals surface area contributed by atoms with Crippen LogP contribution in [0.4, 0.5) is 0 Å². The van der Waals surface area contributed by atoms with Gasteiger partial charge in [0.05, 0.1) is 11.0 Å². The van der Waals surface area contributed by atoms with Crippen molar-refractivity contribution in [1.29, 1.82) is 0 Å². The Labute approximate surface area is 344 Å². The maximum absolute atomic E-state index is 5.22. The zero-order valence-corrected chi connectivity index (χ0v) is 33.6. The third-order valence-corrected chi connectivity index (χ3v) is 11.4. The molecule has 11 rings (SSSR count). The number of nitrogens with zero attached hydrogens (tertiary/aromatic N) is 5. The molecule has 0 unspecified atom stereocenters. The predicted molar refractivity (Wildman–Crippen MR) is 228 cm³/mol. The molecular weight excluding hydrogens is 875 g/mol. The Bertz CT molecular complexity index is 3110. The zero-order valence-electron chi connectivity index (χ0n) is 31.2. The van der Waals surface area contributed by atoms with Gasteiger partial charge in [-0.15, -0.1) is 35.4 Å². The largest absolute Gasteiger partial charge is 0.304 e. The van der Waals surface area contributed by atoms with Gasteiger partial charge in [-0.25, -0.2) is 4.98 Å². The minimum atomic E-state index is -0.178. The molecule has 0 spiro atoms. The van der Waals surface area contributed by atoms with Gasteiger partial charge in [-0.1, -0.05) is 129 Å². The topological polar surface area (TPSA) is 56.5 Å². The van der Waals surface area contributed by atoms with E-state index in [1.807, 2.05) is 48.7 Å². The van der Waals surface area contributed by atoms with E-state index in [9.17, 15) is 0 Å². The van der Waals surface area contributed by atoms with Crippen molar-refractivity contribution in [3.8, 4) is 62.2 Å². The van der Waals surface area contributed by atoms with E-state index in [2.05, 4.69) is 146 Å². The fourth-order valence-electron chi connectivity index (χ4n) is 8.62. The van der Waals surface area contributed by atoms with Gasteiger partial charge in [0.1, 0.15) is 0 Å². The van der Waals surface area contributed by atoms with Crippen LogP contribution in [0.25, 0.3) is 94.8 Å². The van der Waals surface area contributed by atoms with E-state index < -0.39 is 0 Å². The first-order valence-corrected chi connectivity index (χ1v) is 19.0. The van der Waals surface area contributed by atoms with Crippen molar-refractivity contribution in [2.45, 2.75) is 19.3 Å². The maximum Gasteiger partial charge on any atom is 0.238 e. The molecule has 0 fully saturated rings. The van der Waals surface area contributed by atoms with Gasteiger partial charge in [0.25, 0.3) is 0 Å². The summed E-state index contributed by atoms with van der Waals surface area (Å²) >= 11 is 0. The van der Waals surface area contributed by atoms with Crippen LogP contribution < -0.4 is 0 Å². The summed E-state index contributed by atoms with van der Waals surface area (Å²) in [5.41, 5.74) is 13.1. The van der Waals surface area contributed by atoms with E-state index >= 15 is 0 Å². The van der Waals surface area contributed by atoms with Crippen molar-refractivity contribution in [1.82, 2.24) is 24.5 Å². The number of pyridine rings is 1. The Morgan fingerprint density at radius 1 is 0.509 bits per heavy atom. The monoisotopic (exact) mass is 909 g/mol. The van der Waals surface area contributed by atoms with E-state index in [0.717, 1.165) is 66.1 Å². The SMILES string of the molecule is CC1(C)c2ccccc2-c2cc3c4cc(-c5cc[c-]c(-c6nccc7ccccc67)c5)ccc4n(-c4nc(-c5ccccc5)nc(-c5ccccc5)n4)c3cc21.[Ir]. The van der Waals surface area contributed by atoms with Crippen LogP contribution in [0.1, 0.15) is 25.0 Å². The Hall–Kier alpha value is -6.59. The smallest absolute Gasteiger partial charge is 0.238 e. The average molecular weight is 909 g/mol. The van der Waals surface area contributed by atoms with Crippen molar-refractivity contribution in [3.05, 3.63) is 187 Å². The second-order valence-corrected chi connectivity index (χ2v) is 15.0. The average Bonchev–Trinajstić information content (AvgIpc) is 3.70. The number of hydrogen-bond acceptors (Lipinski definition) is 4. The Morgan fingerprint density at radius 3 is 1.95 bits per heavy atom. The summed E-state index contributed by atoms with van der Waals surface area (Å²) in [6.45, 7) is 4.65. The van der Waals surface area contributed by atoms with E-state index in [0.29, 0.717) is 17.6 Å². The predicted octanol–water partition coefficient (Wildman–Crippen LogP) is 12.3. The van der Waals surface area contributed by atoms with Crippen molar-refractivity contribution >= 4 is 32.6 Å². The van der Waals surface area contributed by atoms with Gasteiger partial charge in [0.2, 0.25) is 5.95 Å². The van der Waals surface area contributed by atoms with Gasteiger partial charge >= 0.3 is 0 Å². The third-order valence-electron chi connectivity index (χ3n) is 11.4. The molecule has 0 bridgehead atoms. The van der Waals surface area contributed by atoms with Crippen molar-refractivity contribution in [2.75, 3.05) is 0 Å². The van der Waals surface area contributed by atoms with Gasteiger partial charge in [-0.2, -0.15) is 9.97 Å². The molecule has 0 saturated heterocycles. The first kappa shape index (κ1) is 34.9. The Morgan fingerprint density at radius 2 is 1.18 bits per heavy atom. The Balaban J connectivity index is 0.00000396. The summed E-state index contributed by atoms with van der Waals surface area (Å²) in [5.74, 6) is 1.84. The zero-order chi connectivity index (χ0) is 37.4. The van der Waals surface area contributed by atoms with Crippen LogP contribution in [0, 0.1) is 6.07 Å².